The normalized spacial score (nSPS) is 14.8. The zero-order valence-corrected chi connectivity index (χ0v) is 20.7. The molecule has 0 aliphatic carbocycles. The number of nitrogens with zero attached hydrogens (tertiary/aromatic N) is 2. The number of amidine groups is 1. The number of carbonyl (C=O) groups is 1. The molecule has 0 radical (unpaired) electrons. The summed E-state index contributed by atoms with van der Waals surface area (Å²) in [5.74, 6) is 5.89. The number of hydrazine groups is 1. The van der Waals surface area contributed by atoms with E-state index in [-0.39, 0.29) is 29.3 Å². The summed E-state index contributed by atoms with van der Waals surface area (Å²) in [6.45, 7) is 1.92. The van der Waals surface area contributed by atoms with E-state index < -0.39 is 40.6 Å². The molecule has 1 unspecified atom stereocenters. The van der Waals surface area contributed by atoms with Gasteiger partial charge in [-0.15, -0.1) is 0 Å². The number of nitrogens with two attached hydrogens (primary N) is 2. The van der Waals surface area contributed by atoms with E-state index in [1.807, 2.05) is 0 Å². The molecule has 1 aliphatic heterocycles. The van der Waals surface area contributed by atoms with Crippen molar-refractivity contribution in [1.29, 1.82) is 0 Å². The van der Waals surface area contributed by atoms with Crippen molar-refractivity contribution in [3.63, 3.8) is 0 Å². The Morgan fingerprint density at radius 3 is 2.21 bits per heavy atom. The fourth-order valence-corrected chi connectivity index (χ4v) is 4.79. The summed E-state index contributed by atoms with van der Waals surface area (Å²) >= 11 is 0. The quantitative estimate of drug-likeness (QED) is 0.144. The minimum absolute atomic E-state index is 0.156. The summed E-state index contributed by atoms with van der Waals surface area (Å²) < 4.78 is 105. The molecule has 0 saturated heterocycles. The zero-order valence-electron chi connectivity index (χ0n) is 19.9. The molecule has 210 valence electrons. The number of hydrogen-bond donors (Lipinski definition) is 4. The maximum Gasteiger partial charge on any atom is 0.404 e. The average molecular weight is 571 g/mol. The second-order valence-electron chi connectivity index (χ2n) is 7.94. The third-order valence-corrected chi connectivity index (χ3v) is 6.67. The Bertz CT molecular complexity index is 1140. The molecule has 0 aromatic heterocycles. The van der Waals surface area contributed by atoms with Crippen LogP contribution in [0.1, 0.15) is 30.4 Å². The van der Waals surface area contributed by atoms with Crippen LogP contribution in [-0.4, -0.2) is 41.4 Å². The molecular formula is C22H25F7N6O2S. The number of rotatable bonds is 5. The van der Waals surface area contributed by atoms with Crippen LogP contribution < -0.4 is 26.7 Å². The first-order chi connectivity index (χ1) is 17.7. The number of aryl methyl sites for hydroxylation is 1. The number of hydrogen-bond acceptors (Lipinski definition) is 5. The number of carbonyl (C=O) groups excluding carboxylic acids is 1. The lowest BCUT2D eigenvalue weighted by atomic mass is 9.93. The predicted octanol–water partition coefficient (Wildman–Crippen LogP) is 3.37. The van der Waals surface area contributed by atoms with Crippen LogP contribution in [0.25, 0.3) is 0 Å². The van der Waals surface area contributed by atoms with Crippen LogP contribution in [-0.2, 0) is 22.2 Å². The van der Waals surface area contributed by atoms with Gasteiger partial charge >= 0.3 is 12.4 Å². The van der Waals surface area contributed by atoms with Gasteiger partial charge in [0.25, 0.3) is 0 Å². The fourth-order valence-electron chi connectivity index (χ4n) is 3.52. The van der Waals surface area contributed by atoms with Crippen molar-refractivity contribution in [1.82, 2.24) is 10.7 Å². The van der Waals surface area contributed by atoms with Gasteiger partial charge in [0.1, 0.15) is 5.82 Å². The standard InChI is InChI=1S/C18H14F7NOS.C4H11N5O/c19-13-4-6-14(7-5-13)28(27)26-9-1-2-11-10-12(3-8-15(11)26)16(17(20,21)22)18(23,24)25;1-3(10)7-2-4(8-5)9-6/h3-8,10,16H,1-2,9H2;2,5-6H2,1H3,(H,7,10)(H,8,9). The van der Waals surface area contributed by atoms with Crippen LogP contribution in [0.3, 0.4) is 0 Å². The lowest BCUT2D eigenvalue weighted by Gasteiger charge is -2.31. The molecule has 2 aromatic rings. The number of benzene rings is 2. The van der Waals surface area contributed by atoms with Gasteiger partial charge in [0.05, 0.1) is 17.1 Å². The molecule has 1 atom stereocenters. The van der Waals surface area contributed by atoms with Crippen molar-refractivity contribution in [3.8, 4) is 0 Å². The molecule has 8 nitrogen and oxygen atoms in total. The molecule has 38 heavy (non-hydrogen) atoms. The summed E-state index contributed by atoms with van der Waals surface area (Å²) in [5.41, 5.74) is 1.89. The molecule has 3 rings (SSSR count). The molecule has 6 N–H and O–H groups in total. The van der Waals surface area contributed by atoms with Crippen LogP contribution in [0.15, 0.2) is 52.5 Å². The smallest absolute Gasteiger partial charge is 0.349 e. The second-order valence-corrected chi connectivity index (χ2v) is 9.35. The molecule has 1 heterocycles. The van der Waals surface area contributed by atoms with E-state index >= 15 is 0 Å². The molecule has 16 heteroatoms. The van der Waals surface area contributed by atoms with Gasteiger partial charge in [-0.05, 0) is 54.3 Å². The Balaban J connectivity index is 0.000000432. The Kier molecular flexibility index (Phi) is 10.5. The van der Waals surface area contributed by atoms with E-state index in [0.717, 1.165) is 30.3 Å². The van der Waals surface area contributed by atoms with Gasteiger partial charge in [0, 0.05) is 13.5 Å². The monoisotopic (exact) mass is 570 g/mol. The number of halogens is 7. The average Bonchev–Trinajstić information content (AvgIpc) is 2.82. The molecule has 1 amide bonds. The minimum atomic E-state index is -5.47. The van der Waals surface area contributed by atoms with Gasteiger partial charge in [-0.2, -0.15) is 31.4 Å². The van der Waals surface area contributed by atoms with Crippen LogP contribution in [0, 0.1) is 5.82 Å². The van der Waals surface area contributed by atoms with Crippen molar-refractivity contribution in [2.24, 2.45) is 16.8 Å². The summed E-state index contributed by atoms with van der Waals surface area (Å²) in [4.78, 5) is 10.6. The van der Waals surface area contributed by atoms with Gasteiger partial charge in [0.15, 0.2) is 22.7 Å². The van der Waals surface area contributed by atoms with E-state index in [1.54, 1.807) is 0 Å². The highest BCUT2D eigenvalue weighted by atomic mass is 32.2. The number of anilines is 1. The Hall–Kier alpha value is -3.40. The van der Waals surface area contributed by atoms with Crippen molar-refractivity contribution in [2.75, 3.05) is 17.4 Å². The van der Waals surface area contributed by atoms with E-state index in [1.165, 1.54) is 23.4 Å². The molecule has 0 spiro atoms. The fraction of sp³-hybridized carbons (Fsp3) is 0.364. The first kappa shape index (κ1) is 30.8. The van der Waals surface area contributed by atoms with E-state index in [2.05, 4.69) is 15.8 Å². The Morgan fingerprint density at radius 2 is 1.71 bits per heavy atom. The molecule has 0 bridgehead atoms. The van der Waals surface area contributed by atoms with Gasteiger partial charge in [0.2, 0.25) is 5.91 Å². The highest BCUT2D eigenvalue weighted by molar-refractivity contribution is 7.86. The van der Waals surface area contributed by atoms with Gasteiger partial charge in [-0.25, -0.2) is 14.4 Å². The van der Waals surface area contributed by atoms with Gasteiger partial charge < -0.3 is 16.6 Å². The molecule has 0 saturated carbocycles. The largest absolute Gasteiger partial charge is 0.404 e. The number of alkyl halides is 6. The topological polar surface area (TPSA) is 126 Å². The summed E-state index contributed by atoms with van der Waals surface area (Å²) in [6.07, 6.45) is -10.3. The zero-order chi connectivity index (χ0) is 28.7. The van der Waals surface area contributed by atoms with E-state index in [0.29, 0.717) is 24.5 Å². The number of hydrazone groups is 1. The first-order valence-electron chi connectivity index (χ1n) is 10.9. The van der Waals surface area contributed by atoms with E-state index in [9.17, 15) is 39.7 Å². The van der Waals surface area contributed by atoms with Crippen LogP contribution >= 0.6 is 0 Å². The highest BCUT2D eigenvalue weighted by Gasteiger charge is 2.57. The minimum Gasteiger partial charge on any atom is -0.349 e. The lowest BCUT2D eigenvalue weighted by Crippen LogP contribution is -2.40. The maximum absolute atomic E-state index is 13.0. The van der Waals surface area contributed by atoms with Crippen molar-refractivity contribution in [2.45, 2.75) is 42.9 Å². The Morgan fingerprint density at radius 1 is 1.11 bits per heavy atom. The maximum atomic E-state index is 13.0. The SMILES string of the molecule is CC(=O)NC/C(=N/N)NN.O=S(c1ccc(F)cc1)N1CCCc2cc(C(C(F)(F)F)C(F)(F)F)ccc21. The first-order valence-corrected chi connectivity index (χ1v) is 12.0. The molecule has 0 fully saturated rings. The number of nitrogens with one attached hydrogen (secondary N) is 2. The lowest BCUT2D eigenvalue weighted by molar-refractivity contribution is -0.253. The third-order valence-electron chi connectivity index (χ3n) is 5.21. The van der Waals surface area contributed by atoms with Crippen LogP contribution in [0.2, 0.25) is 0 Å². The number of amides is 1. The highest BCUT2D eigenvalue weighted by Crippen LogP contribution is 2.47. The van der Waals surface area contributed by atoms with Crippen molar-refractivity contribution < 1.29 is 39.7 Å². The molecule has 2 aromatic carbocycles. The van der Waals surface area contributed by atoms with Crippen molar-refractivity contribution >= 4 is 28.4 Å². The summed E-state index contributed by atoms with van der Waals surface area (Å²) in [6, 6.07) is 7.67. The predicted molar refractivity (Wildman–Crippen MR) is 127 cm³/mol. The third kappa shape index (κ3) is 8.31. The Labute approximate surface area is 215 Å². The summed E-state index contributed by atoms with van der Waals surface area (Å²) in [5, 5.41) is 5.70. The van der Waals surface area contributed by atoms with Gasteiger partial charge in [-0.3, -0.25) is 9.10 Å². The summed E-state index contributed by atoms with van der Waals surface area (Å²) in [7, 11) is -1.77. The van der Waals surface area contributed by atoms with Crippen LogP contribution in [0.4, 0.5) is 36.4 Å². The van der Waals surface area contributed by atoms with Crippen LogP contribution in [0.5, 0.6) is 0 Å². The number of fused-ring (bicyclic) bond motifs is 1. The molecular weight excluding hydrogens is 545 g/mol. The van der Waals surface area contributed by atoms with Gasteiger partial charge in [-0.1, -0.05) is 12.1 Å². The molecule has 1 aliphatic rings. The van der Waals surface area contributed by atoms with E-state index in [4.69, 9.17) is 11.7 Å². The van der Waals surface area contributed by atoms with Crippen molar-refractivity contribution in [3.05, 3.63) is 59.4 Å². The second kappa shape index (κ2) is 12.9.